The van der Waals surface area contributed by atoms with Crippen LogP contribution in [0.5, 0.6) is 11.5 Å². The number of para-hydroxylation sites is 1. The van der Waals surface area contributed by atoms with Crippen molar-refractivity contribution in [2.24, 2.45) is 0 Å². The Bertz CT molecular complexity index is 1900. The van der Waals surface area contributed by atoms with E-state index in [4.69, 9.17) is 4.74 Å². The van der Waals surface area contributed by atoms with Crippen molar-refractivity contribution in [3.63, 3.8) is 0 Å². The van der Waals surface area contributed by atoms with Gasteiger partial charge in [-0.25, -0.2) is 17.6 Å². The molecule has 0 saturated carbocycles. The maximum atomic E-state index is 13.1. The highest BCUT2D eigenvalue weighted by atomic mass is 32.3. The van der Waals surface area contributed by atoms with Crippen molar-refractivity contribution in [3.8, 4) is 11.5 Å². The molecule has 7 nitrogen and oxygen atoms in total. The van der Waals surface area contributed by atoms with Crippen molar-refractivity contribution in [1.82, 2.24) is 9.97 Å². The van der Waals surface area contributed by atoms with Gasteiger partial charge in [-0.15, -0.1) is 11.3 Å². The maximum absolute atomic E-state index is 13.1. The molecule has 0 bridgehead atoms. The van der Waals surface area contributed by atoms with Crippen LogP contribution in [0.4, 0.5) is 5.69 Å². The monoisotopic (exact) mass is 585 g/mol. The number of hydrogen-bond acceptors (Lipinski definition) is 6. The summed E-state index contributed by atoms with van der Waals surface area (Å²) >= 11 is 0.993. The van der Waals surface area contributed by atoms with E-state index in [0.717, 1.165) is 45.3 Å². The van der Waals surface area contributed by atoms with Gasteiger partial charge in [-0.05, 0) is 72.3 Å². The number of H-pyrrole nitrogens is 1. The highest BCUT2D eigenvalue weighted by molar-refractivity contribution is 7.95. The van der Waals surface area contributed by atoms with Crippen molar-refractivity contribution in [3.05, 3.63) is 127 Å². The average molecular weight is 586 g/mol. The average Bonchev–Trinajstić information content (AvgIpc) is 3.62. The fraction of sp³-hybridized carbons (Fsp3) is 0.0333. The molecule has 0 aliphatic carbocycles. The molecule has 2 heterocycles. The highest BCUT2D eigenvalue weighted by Gasteiger charge is 2.20. The van der Waals surface area contributed by atoms with E-state index in [0.29, 0.717) is 21.2 Å². The number of ether oxygens (including phenoxy) is 1. The number of nitrogens with one attached hydrogen (secondary N) is 2. The SMILES string of the molecule is O=S(c1ccccc1)c1ccc(S(=O)(=O)Nc2ccc3nc(Cc4ccc(Oc5ccccc5)cc4)[nH]c3c2)s1. The van der Waals surface area contributed by atoms with E-state index < -0.39 is 20.8 Å². The zero-order valence-corrected chi connectivity index (χ0v) is 23.4. The lowest BCUT2D eigenvalue weighted by Crippen LogP contribution is -2.11. The summed E-state index contributed by atoms with van der Waals surface area (Å²) in [7, 11) is -5.30. The number of benzene rings is 4. The van der Waals surface area contributed by atoms with Gasteiger partial charge in [0.15, 0.2) is 0 Å². The summed E-state index contributed by atoms with van der Waals surface area (Å²) in [5.41, 5.74) is 2.92. The number of hydrogen-bond donors (Lipinski definition) is 2. The second-order valence-corrected chi connectivity index (χ2v) is 13.6. The van der Waals surface area contributed by atoms with Crippen LogP contribution in [-0.2, 0) is 27.2 Å². The topological polar surface area (TPSA) is 101 Å². The number of sulfonamides is 1. The van der Waals surface area contributed by atoms with Crippen LogP contribution in [0.15, 0.2) is 129 Å². The number of thiophene rings is 1. The lowest BCUT2D eigenvalue weighted by Gasteiger charge is -2.06. The molecule has 0 saturated heterocycles. The van der Waals surface area contributed by atoms with Crippen molar-refractivity contribution >= 4 is 48.9 Å². The Balaban J connectivity index is 1.14. The zero-order chi connectivity index (χ0) is 27.5. The summed E-state index contributed by atoms with van der Waals surface area (Å²) in [6, 6.07) is 34.6. The quantitative estimate of drug-likeness (QED) is 0.191. The van der Waals surface area contributed by atoms with Crippen LogP contribution in [0.1, 0.15) is 11.4 Å². The van der Waals surface area contributed by atoms with Gasteiger partial charge in [0.2, 0.25) is 0 Å². The fourth-order valence-corrected chi connectivity index (χ4v) is 8.05. The van der Waals surface area contributed by atoms with Crippen molar-refractivity contribution in [2.45, 2.75) is 19.7 Å². The Morgan fingerprint density at radius 1 is 0.825 bits per heavy atom. The lowest BCUT2D eigenvalue weighted by molar-refractivity contribution is 0.482. The molecular weight excluding hydrogens is 563 g/mol. The minimum atomic E-state index is -3.86. The molecule has 2 N–H and O–H groups in total. The van der Waals surface area contributed by atoms with Gasteiger partial charge in [-0.1, -0.05) is 48.5 Å². The second kappa shape index (κ2) is 11.1. The van der Waals surface area contributed by atoms with E-state index in [-0.39, 0.29) is 4.21 Å². The fourth-order valence-electron chi connectivity index (χ4n) is 4.12. The predicted molar refractivity (Wildman–Crippen MR) is 158 cm³/mol. The Hall–Kier alpha value is -4.25. The van der Waals surface area contributed by atoms with Crippen LogP contribution in [-0.4, -0.2) is 22.6 Å². The molecule has 200 valence electrons. The van der Waals surface area contributed by atoms with Gasteiger partial charge in [0, 0.05) is 11.3 Å². The van der Waals surface area contributed by atoms with Crippen LogP contribution in [0.2, 0.25) is 0 Å². The van der Waals surface area contributed by atoms with Crippen LogP contribution < -0.4 is 9.46 Å². The largest absolute Gasteiger partial charge is 0.457 e. The van der Waals surface area contributed by atoms with Gasteiger partial charge in [-0.2, -0.15) is 0 Å². The molecule has 0 spiro atoms. The number of imidazole rings is 1. The molecular formula is C30H23N3O4S3. The van der Waals surface area contributed by atoms with Gasteiger partial charge in [0.05, 0.1) is 31.7 Å². The third kappa shape index (κ3) is 5.84. The van der Waals surface area contributed by atoms with E-state index in [9.17, 15) is 12.6 Å². The molecule has 40 heavy (non-hydrogen) atoms. The van der Waals surface area contributed by atoms with E-state index in [1.54, 1.807) is 48.5 Å². The van der Waals surface area contributed by atoms with Gasteiger partial charge in [0.1, 0.15) is 21.5 Å². The van der Waals surface area contributed by atoms with Crippen LogP contribution in [0.25, 0.3) is 11.0 Å². The third-order valence-electron chi connectivity index (χ3n) is 6.02. The molecule has 1 atom stereocenters. The number of nitrogens with zero attached hydrogens (tertiary/aromatic N) is 1. The second-order valence-electron chi connectivity index (χ2n) is 8.91. The zero-order valence-electron chi connectivity index (χ0n) is 21.0. The van der Waals surface area contributed by atoms with Crippen molar-refractivity contribution in [2.75, 3.05) is 4.72 Å². The normalized spacial score (nSPS) is 12.3. The molecule has 6 aromatic rings. The number of rotatable bonds is 9. The van der Waals surface area contributed by atoms with E-state index in [1.807, 2.05) is 60.7 Å². The molecule has 2 aromatic heterocycles. The summed E-state index contributed by atoms with van der Waals surface area (Å²) < 4.78 is 48.0. The summed E-state index contributed by atoms with van der Waals surface area (Å²) in [4.78, 5) is 8.56. The van der Waals surface area contributed by atoms with Crippen LogP contribution >= 0.6 is 11.3 Å². The summed E-state index contributed by atoms with van der Waals surface area (Å²) in [5, 5.41) is 0. The molecule has 0 amide bonds. The van der Waals surface area contributed by atoms with Crippen LogP contribution in [0, 0.1) is 0 Å². The predicted octanol–water partition coefficient (Wildman–Crippen LogP) is 6.98. The smallest absolute Gasteiger partial charge is 0.271 e. The highest BCUT2D eigenvalue weighted by Crippen LogP contribution is 2.30. The van der Waals surface area contributed by atoms with E-state index >= 15 is 0 Å². The Labute approximate surface area is 238 Å². The van der Waals surface area contributed by atoms with Gasteiger partial charge < -0.3 is 9.72 Å². The Morgan fingerprint density at radius 3 is 2.27 bits per heavy atom. The first-order chi connectivity index (χ1) is 19.4. The molecule has 4 aromatic carbocycles. The van der Waals surface area contributed by atoms with Crippen LogP contribution in [0.3, 0.4) is 0 Å². The number of aromatic amines is 1. The molecule has 0 radical (unpaired) electrons. The van der Waals surface area contributed by atoms with Gasteiger partial charge >= 0.3 is 0 Å². The number of fused-ring (bicyclic) bond motifs is 1. The summed E-state index contributed by atoms with van der Waals surface area (Å²) in [6.45, 7) is 0. The molecule has 0 aliphatic heterocycles. The minimum absolute atomic E-state index is 0.0943. The summed E-state index contributed by atoms with van der Waals surface area (Å²) in [6.07, 6.45) is 0.581. The standard InChI is InChI=1S/C30H23N3O4S3/c34-39(25-9-5-2-6-10-25)29-17-18-30(38-29)40(35,36)33-22-13-16-26-27(20-22)32-28(31-26)19-21-11-14-24(15-12-21)37-23-7-3-1-4-8-23/h1-18,20,33H,19H2,(H,31,32). The number of aromatic nitrogens is 2. The lowest BCUT2D eigenvalue weighted by atomic mass is 10.1. The van der Waals surface area contributed by atoms with Crippen molar-refractivity contribution < 1.29 is 17.4 Å². The van der Waals surface area contributed by atoms with Crippen molar-refractivity contribution in [1.29, 1.82) is 0 Å². The first-order valence-electron chi connectivity index (χ1n) is 12.3. The molecule has 0 fully saturated rings. The Kier molecular flexibility index (Phi) is 7.21. The summed E-state index contributed by atoms with van der Waals surface area (Å²) in [5.74, 6) is 2.29. The molecule has 6 rings (SSSR count). The van der Waals surface area contributed by atoms with Gasteiger partial charge in [0.25, 0.3) is 10.0 Å². The van der Waals surface area contributed by atoms with E-state index in [1.165, 1.54) is 6.07 Å². The van der Waals surface area contributed by atoms with E-state index in [2.05, 4.69) is 14.7 Å². The number of anilines is 1. The third-order valence-corrected chi connectivity index (χ3v) is 10.7. The first-order valence-corrected chi connectivity index (χ1v) is 15.8. The minimum Gasteiger partial charge on any atom is -0.457 e. The molecule has 0 aliphatic rings. The van der Waals surface area contributed by atoms with Gasteiger partial charge in [-0.3, -0.25) is 4.72 Å². The Morgan fingerprint density at radius 2 is 1.52 bits per heavy atom. The molecule has 10 heteroatoms. The maximum Gasteiger partial charge on any atom is 0.271 e. The first kappa shape index (κ1) is 26.0. The molecule has 1 unspecified atom stereocenters.